The predicted octanol–water partition coefficient (Wildman–Crippen LogP) is 3.54. The zero-order valence-corrected chi connectivity index (χ0v) is 16.5. The summed E-state index contributed by atoms with van der Waals surface area (Å²) in [4.78, 5) is 15.0. The van der Waals surface area contributed by atoms with E-state index < -0.39 is 0 Å². The van der Waals surface area contributed by atoms with Gasteiger partial charge in [-0.1, -0.05) is 31.5 Å². The third kappa shape index (κ3) is 4.46. The second kappa shape index (κ2) is 8.23. The van der Waals surface area contributed by atoms with Gasteiger partial charge in [0.15, 0.2) is 0 Å². The molecule has 0 aliphatic carbocycles. The van der Waals surface area contributed by atoms with Crippen LogP contribution in [0.3, 0.4) is 0 Å². The molecule has 140 valence electrons. The fraction of sp³-hybridized carbons (Fsp3) is 0.500. The molecule has 6 heteroatoms. The molecular formula is C20H27ClN4O. The number of hydrogen-bond acceptors (Lipinski definition) is 3. The van der Waals surface area contributed by atoms with E-state index in [0.717, 1.165) is 42.9 Å². The second-order valence-electron chi connectivity index (χ2n) is 7.50. The summed E-state index contributed by atoms with van der Waals surface area (Å²) in [5.74, 6) is 1.38. The van der Waals surface area contributed by atoms with Crippen LogP contribution in [0.4, 0.5) is 0 Å². The highest BCUT2D eigenvalue weighted by molar-refractivity contribution is 6.30. The van der Waals surface area contributed by atoms with E-state index in [9.17, 15) is 4.79 Å². The van der Waals surface area contributed by atoms with Crippen molar-refractivity contribution in [2.45, 2.75) is 27.2 Å². The standard InChI is InChI=1S/C20H27ClN4O/c1-14-9-15(2)13-24(12-14)8-7-22-20(26)19-11-23-25(16(19)3)18-6-4-5-17(21)10-18/h4-6,10-11,14-15H,7-9,12-13H2,1-3H3,(H,22,26). The molecule has 2 aromatic rings. The largest absolute Gasteiger partial charge is 0.351 e. The van der Waals surface area contributed by atoms with Gasteiger partial charge in [-0.2, -0.15) is 5.10 Å². The van der Waals surface area contributed by atoms with E-state index in [0.29, 0.717) is 17.1 Å². The highest BCUT2D eigenvalue weighted by Gasteiger charge is 2.21. The van der Waals surface area contributed by atoms with Crippen LogP contribution < -0.4 is 5.32 Å². The molecule has 0 spiro atoms. The molecule has 1 fully saturated rings. The molecule has 2 atom stereocenters. The Bertz CT molecular complexity index is 763. The van der Waals surface area contributed by atoms with Crippen LogP contribution >= 0.6 is 11.6 Å². The third-order valence-corrected chi connectivity index (χ3v) is 5.20. The molecule has 1 aromatic carbocycles. The van der Waals surface area contributed by atoms with Crippen molar-refractivity contribution in [1.82, 2.24) is 20.0 Å². The Balaban J connectivity index is 1.59. The van der Waals surface area contributed by atoms with Crippen LogP contribution in [0, 0.1) is 18.8 Å². The van der Waals surface area contributed by atoms with Crippen LogP contribution in [0.1, 0.15) is 36.3 Å². The molecular weight excluding hydrogens is 348 g/mol. The third-order valence-electron chi connectivity index (χ3n) is 4.97. The zero-order valence-electron chi connectivity index (χ0n) is 15.7. The van der Waals surface area contributed by atoms with Crippen LogP contribution in [-0.2, 0) is 0 Å². The number of hydrogen-bond donors (Lipinski definition) is 1. The molecule has 1 amide bonds. The van der Waals surface area contributed by atoms with Gasteiger partial charge >= 0.3 is 0 Å². The average Bonchev–Trinajstić information content (AvgIpc) is 2.95. The summed E-state index contributed by atoms with van der Waals surface area (Å²) in [7, 11) is 0. The molecule has 1 aliphatic rings. The predicted molar refractivity (Wildman–Crippen MR) is 105 cm³/mol. The van der Waals surface area contributed by atoms with Gasteiger partial charge in [-0.3, -0.25) is 4.79 Å². The summed E-state index contributed by atoms with van der Waals surface area (Å²) in [6.45, 7) is 10.3. The minimum absolute atomic E-state index is 0.0751. The average molecular weight is 375 g/mol. The Morgan fingerprint density at radius 1 is 1.31 bits per heavy atom. The fourth-order valence-corrected chi connectivity index (χ4v) is 4.08. The lowest BCUT2D eigenvalue weighted by Gasteiger charge is -2.34. The zero-order chi connectivity index (χ0) is 18.7. The van der Waals surface area contributed by atoms with Crippen LogP contribution in [0.25, 0.3) is 5.69 Å². The van der Waals surface area contributed by atoms with Gasteiger partial charge < -0.3 is 10.2 Å². The number of nitrogens with one attached hydrogen (secondary N) is 1. The molecule has 26 heavy (non-hydrogen) atoms. The van der Waals surface area contributed by atoms with Crippen LogP contribution in [0.2, 0.25) is 5.02 Å². The first-order valence-corrected chi connectivity index (χ1v) is 9.63. The van der Waals surface area contributed by atoms with E-state index in [1.54, 1.807) is 10.9 Å². The maximum absolute atomic E-state index is 12.5. The van der Waals surface area contributed by atoms with Gasteiger partial charge in [0.2, 0.25) is 0 Å². The molecule has 0 radical (unpaired) electrons. The van der Waals surface area contributed by atoms with Crippen molar-refractivity contribution < 1.29 is 4.79 Å². The second-order valence-corrected chi connectivity index (χ2v) is 7.93. The minimum Gasteiger partial charge on any atom is -0.351 e. The maximum atomic E-state index is 12.5. The number of benzene rings is 1. The Morgan fingerprint density at radius 2 is 2.04 bits per heavy atom. The molecule has 2 heterocycles. The Kier molecular flexibility index (Phi) is 5.99. The SMILES string of the molecule is Cc1c(C(=O)NCCN2CC(C)CC(C)C2)cnn1-c1cccc(Cl)c1. The number of piperidine rings is 1. The topological polar surface area (TPSA) is 50.2 Å². The summed E-state index contributed by atoms with van der Waals surface area (Å²) in [6, 6.07) is 7.45. The van der Waals surface area contributed by atoms with Crippen molar-refractivity contribution >= 4 is 17.5 Å². The lowest BCUT2D eigenvalue weighted by Crippen LogP contribution is -2.42. The highest BCUT2D eigenvalue weighted by atomic mass is 35.5. The first-order valence-electron chi connectivity index (χ1n) is 9.25. The molecule has 1 N–H and O–H groups in total. The summed E-state index contributed by atoms with van der Waals surface area (Å²) < 4.78 is 1.74. The van der Waals surface area contributed by atoms with E-state index in [1.165, 1.54) is 6.42 Å². The normalized spacial score (nSPS) is 20.9. The van der Waals surface area contributed by atoms with Crippen molar-refractivity contribution in [3.63, 3.8) is 0 Å². The van der Waals surface area contributed by atoms with Crippen molar-refractivity contribution in [3.05, 3.63) is 46.7 Å². The lowest BCUT2D eigenvalue weighted by molar-refractivity contribution is 0.0936. The Hall–Kier alpha value is -1.85. The summed E-state index contributed by atoms with van der Waals surface area (Å²) in [6.07, 6.45) is 2.92. The molecule has 5 nitrogen and oxygen atoms in total. The van der Waals surface area contributed by atoms with Crippen molar-refractivity contribution in [2.24, 2.45) is 11.8 Å². The van der Waals surface area contributed by atoms with Crippen LogP contribution in [-0.4, -0.2) is 46.8 Å². The fourth-order valence-electron chi connectivity index (χ4n) is 3.90. The smallest absolute Gasteiger partial charge is 0.254 e. The monoisotopic (exact) mass is 374 g/mol. The first-order chi connectivity index (χ1) is 12.4. The van der Waals surface area contributed by atoms with Crippen molar-refractivity contribution in [1.29, 1.82) is 0 Å². The van der Waals surface area contributed by atoms with Gasteiger partial charge in [-0.25, -0.2) is 4.68 Å². The number of aromatic nitrogens is 2. The van der Waals surface area contributed by atoms with E-state index in [1.807, 2.05) is 31.2 Å². The van der Waals surface area contributed by atoms with Gasteiger partial charge in [-0.05, 0) is 43.4 Å². The molecule has 3 rings (SSSR count). The van der Waals surface area contributed by atoms with E-state index in [2.05, 4.69) is 29.2 Å². The minimum atomic E-state index is -0.0751. The van der Waals surface area contributed by atoms with Crippen LogP contribution in [0.5, 0.6) is 0 Å². The number of carbonyl (C=O) groups excluding carboxylic acids is 1. The van der Waals surface area contributed by atoms with Gasteiger partial charge in [0.25, 0.3) is 5.91 Å². The van der Waals surface area contributed by atoms with Crippen LogP contribution in [0.15, 0.2) is 30.5 Å². The maximum Gasteiger partial charge on any atom is 0.254 e. The summed E-state index contributed by atoms with van der Waals surface area (Å²) >= 11 is 6.05. The number of halogens is 1. The van der Waals surface area contributed by atoms with E-state index in [4.69, 9.17) is 11.6 Å². The Labute approximate surface area is 160 Å². The summed E-state index contributed by atoms with van der Waals surface area (Å²) in [5.41, 5.74) is 2.26. The molecule has 1 aliphatic heterocycles. The molecule has 1 saturated heterocycles. The molecule has 0 bridgehead atoms. The molecule has 0 saturated carbocycles. The number of rotatable bonds is 5. The van der Waals surface area contributed by atoms with E-state index >= 15 is 0 Å². The highest BCUT2D eigenvalue weighted by Crippen LogP contribution is 2.20. The number of amides is 1. The number of likely N-dealkylation sites (tertiary alicyclic amines) is 1. The van der Waals surface area contributed by atoms with E-state index in [-0.39, 0.29) is 5.91 Å². The molecule has 2 unspecified atom stereocenters. The Morgan fingerprint density at radius 3 is 2.73 bits per heavy atom. The van der Waals surface area contributed by atoms with Gasteiger partial charge in [-0.15, -0.1) is 0 Å². The van der Waals surface area contributed by atoms with Gasteiger partial charge in [0, 0.05) is 31.2 Å². The van der Waals surface area contributed by atoms with Gasteiger partial charge in [0.05, 0.1) is 23.1 Å². The van der Waals surface area contributed by atoms with Gasteiger partial charge in [0.1, 0.15) is 0 Å². The lowest BCUT2D eigenvalue weighted by atomic mass is 9.92. The first kappa shape index (κ1) is 18.9. The summed E-state index contributed by atoms with van der Waals surface area (Å²) in [5, 5.41) is 8.03. The molecule has 1 aromatic heterocycles. The van der Waals surface area contributed by atoms with Crippen molar-refractivity contribution in [3.8, 4) is 5.69 Å². The number of nitrogens with zero attached hydrogens (tertiary/aromatic N) is 3. The van der Waals surface area contributed by atoms with Crippen molar-refractivity contribution in [2.75, 3.05) is 26.2 Å². The quantitative estimate of drug-likeness (QED) is 0.870. The number of carbonyl (C=O) groups is 1.